The molecule has 2 rings (SSSR count). The number of anilines is 1. The Hall–Kier alpha value is -1.85. The molecular formula is C16H20N2O2S. The maximum atomic E-state index is 12.1. The van der Waals surface area contributed by atoms with Gasteiger partial charge in [-0.2, -0.15) is 0 Å². The van der Waals surface area contributed by atoms with E-state index in [0.29, 0.717) is 12.1 Å². The minimum absolute atomic E-state index is 0.0550. The average molecular weight is 304 g/mol. The predicted octanol–water partition coefficient (Wildman–Crippen LogP) is 2.69. The van der Waals surface area contributed by atoms with Gasteiger partial charge in [0.15, 0.2) is 0 Å². The van der Waals surface area contributed by atoms with Crippen LogP contribution in [0.3, 0.4) is 0 Å². The highest BCUT2D eigenvalue weighted by atomic mass is 32.2. The van der Waals surface area contributed by atoms with E-state index >= 15 is 0 Å². The van der Waals surface area contributed by atoms with Crippen molar-refractivity contribution < 1.29 is 8.42 Å². The van der Waals surface area contributed by atoms with Crippen LogP contribution in [0.4, 0.5) is 5.69 Å². The number of hydrogen-bond acceptors (Lipinski definition) is 3. The molecule has 0 saturated carbocycles. The number of nitrogens with one attached hydrogen (secondary N) is 1. The van der Waals surface area contributed by atoms with Crippen molar-refractivity contribution >= 4 is 15.7 Å². The van der Waals surface area contributed by atoms with Gasteiger partial charge < -0.3 is 5.73 Å². The maximum absolute atomic E-state index is 12.1. The zero-order valence-electron chi connectivity index (χ0n) is 12.0. The Bertz CT molecular complexity index is 682. The molecule has 0 aliphatic heterocycles. The van der Waals surface area contributed by atoms with Crippen molar-refractivity contribution in [2.45, 2.75) is 19.4 Å². The molecule has 0 heterocycles. The lowest BCUT2D eigenvalue weighted by Gasteiger charge is -2.11. The summed E-state index contributed by atoms with van der Waals surface area (Å²) >= 11 is 0. The Morgan fingerprint density at radius 1 is 1.10 bits per heavy atom. The molecule has 1 atom stereocenters. The first kappa shape index (κ1) is 15.5. The fourth-order valence-corrected chi connectivity index (χ4v) is 3.11. The van der Waals surface area contributed by atoms with E-state index in [9.17, 15) is 8.42 Å². The molecule has 21 heavy (non-hydrogen) atoms. The van der Waals surface area contributed by atoms with Crippen molar-refractivity contribution in [1.29, 1.82) is 0 Å². The minimum atomic E-state index is -3.37. The normalized spacial score (nSPS) is 12.9. The number of sulfonamides is 1. The predicted molar refractivity (Wildman–Crippen MR) is 86.6 cm³/mol. The molecular weight excluding hydrogens is 284 g/mol. The van der Waals surface area contributed by atoms with Gasteiger partial charge in [0, 0.05) is 11.7 Å². The van der Waals surface area contributed by atoms with E-state index in [-0.39, 0.29) is 11.8 Å². The van der Waals surface area contributed by atoms with Crippen LogP contribution in [0.1, 0.15) is 24.1 Å². The maximum Gasteiger partial charge on any atom is 0.233 e. The van der Waals surface area contributed by atoms with E-state index < -0.39 is 10.0 Å². The van der Waals surface area contributed by atoms with E-state index in [1.165, 1.54) is 0 Å². The van der Waals surface area contributed by atoms with Crippen LogP contribution in [-0.4, -0.2) is 14.2 Å². The van der Waals surface area contributed by atoms with E-state index in [4.69, 9.17) is 5.73 Å². The number of benzene rings is 2. The number of nitrogens with two attached hydrogens (primary N) is 1. The first-order valence-electron chi connectivity index (χ1n) is 6.86. The standard InChI is InChI=1S/C16H20N2O2S/c1-13(17)15-8-5-9-16(12-15)18-21(19,20)11-10-14-6-3-2-4-7-14/h2-9,12-13,18H,10-11,17H2,1H3. The number of rotatable bonds is 6. The lowest BCUT2D eigenvalue weighted by Crippen LogP contribution is -2.18. The number of aryl methyl sites for hydroxylation is 1. The molecule has 2 aromatic carbocycles. The van der Waals surface area contributed by atoms with Gasteiger partial charge in [-0.3, -0.25) is 4.72 Å². The van der Waals surface area contributed by atoms with E-state index in [2.05, 4.69) is 4.72 Å². The smallest absolute Gasteiger partial charge is 0.233 e. The second-order valence-electron chi connectivity index (χ2n) is 5.07. The van der Waals surface area contributed by atoms with Crippen molar-refractivity contribution in [1.82, 2.24) is 0 Å². The molecule has 0 radical (unpaired) electrons. The van der Waals surface area contributed by atoms with E-state index in [1.807, 2.05) is 43.3 Å². The summed E-state index contributed by atoms with van der Waals surface area (Å²) in [5.41, 5.74) is 8.27. The molecule has 5 heteroatoms. The molecule has 0 aromatic heterocycles. The molecule has 0 amide bonds. The fraction of sp³-hybridized carbons (Fsp3) is 0.250. The first-order valence-corrected chi connectivity index (χ1v) is 8.51. The van der Waals surface area contributed by atoms with Gasteiger partial charge in [-0.15, -0.1) is 0 Å². The third-order valence-corrected chi connectivity index (χ3v) is 4.48. The summed E-state index contributed by atoms with van der Waals surface area (Å²) in [5, 5.41) is 0. The fourth-order valence-electron chi connectivity index (χ4n) is 2.01. The van der Waals surface area contributed by atoms with Gasteiger partial charge in [0.05, 0.1) is 5.75 Å². The van der Waals surface area contributed by atoms with Crippen LogP contribution >= 0.6 is 0 Å². The highest BCUT2D eigenvalue weighted by molar-refractivity contribution is 7.92. The van der Waals surface area contributed by atoms with Crippen LogP contribution in [0.2, 0.25) is 0 Å². The molecule has 0 saturated heterocycles. The third-order valence-electron chi connectivity index (χ3n) is 3.19. The zero-order valence-corrected chi connectivity index (χ0v) is 12.8. The third kappa shape index (κ3) is 4.88. The molecule has 4 nitrogen and oxygen atoms in total. The summed E-state index contributed by atoms with van der Waals surface area (Å²) in [5.74, 6) is 0.0550. The van der Waals surface area contributed by atoms with Gasteiger partial charge in [-0.05, 0) is 36.6 Å². The zero-order chi connectivity index (χ0) is 15.3. The number of hydrogen-bond donors (Lipinski definition) is 2. The second-order valence-corrected chi connectivity index (χ2v) is 6.91. The van der Waals surface area contributed by atoms with Crippen LogP contribution in [0.25, 0.3) is 0 Å². The summed E-state index contributed by atoms with van der Waals surface area (Å²) in [4.78, 5) is 0. The van der Waals surface area contributed by atoms with Crippen LogP contribution in [-0.2, 0) is 16.4 Å². The van der Waals surface area contributed by atoms with Crippen molar-refractivity contribution in [3.05, 3.63) is 65.7 Å². The van der Waals surface area contributed by atoms with Crippen LogP contribution in [0.5, 0.6) is 0 Å². The molecule has 3 N–H and O–H groups in total. The largest absolute Gasteiger partial charge is 0.324 e. The van der Waals surface area contributed by atoms with Crippen LogP contribution < -0.4 is 10.5 Å². The molecule has 0 aliphatic rings. The van der Waals surface area contributed by atoms with Crippen LogP contribution in [0, 0.1) is 0 Å². The second kappa shape index (κ2) is 6.74. The van der Waals surface area contributed by atoms with Gasteiger partial charge in [-0.25, -0.2) is 8.42 Å². The summed E-state index contributed by atoms with van der Waals surface area (Å²) in [6.45, 7) is 1.86. The summed E-state index contributed by atoms with van der Waals surface area (Å²) in [6.07, 6.45) is 0.489. The highest BCUT2D eigenvalue weighted by Crippen LogP contribution is 2.17. The van der Waals surface area contributed by atoms with Gasteiger partial charge in [0.2, 0.25) is 10.0 Å². The van der Waals surface area contributed by atoms with Gasteiger partial charge in [0.25, 0.3) is 0 Å². The quantitative estimate of drug-likeness (QED) is 0.862. The Morgan fingerprint density at radius 3 is 2.48 bits per heavy atom. The van der Waals surface area contributed by atoms with Crippen molar-refractivity contribution in [3.8, 4) is 0 Å². The summed E-state index contributed by atoms with van der Waals surface area (Å²) in [6, 6.07) is 16.6. The van der Waals surface area contributed by atoms with Crippen molar-refractivity contribution in [2.24, 2.45) is 5.73 Å². The monoisotopic (exact) mass is 304 g/mol. The topological polar surface area (TPSA) is 72.2 Å². The molecule has 0 bridgehead atoms. The Morgan fingerprint density at radius 2 is 1.81 bits per heavy atom. The van der Waals surface area contributed by atoms with E-state index in [0.717, 1.165) is 11.1 Å². The molecule has 112 valence electrons. The van der Waals surface area contributed by atoms with E-state index in [1.54, 1.807) is 18.2 Å². The Labute approximate surface area is 126 Å². The molecule has 2 aromatic rings. The first-order chi connectivity index (χ1) is 9.96. The SMILES string of the molecule is CC(N)c1cccc(NS(=O)(=O)CCc2ccccc2)c1. The molecule has 0 aliphatic carbocycles. The van der Waals surface area contributed by atoms with Crippen LogP contribution in [0.15, 0.2) is 54.6 Å². The Balaban J connectivity index is 2.02. The molecule has 0 spiro atoms. The summed E-state index contributed by atoms with van der Waals surface area (Å²) in [7, 11) is -3.37. The van der Waals surface area contributed by atoms with Gasteiger partial charge >= 0.3 is 0 Å². The molecule has 0 fully saturated rings. The average Bonchev–Trinajstić information content (AvgIpc) is 2.46. The van der Waals surface area contributed by atoms with Crippen molar-refractivity contribution in [3.63, 3.8) is 0 Å². The lowest BCUT2D eigenvalue weighted by atomic mass is 10.1. The highest BCUT2D eigenvalue weighted by Gasteiger charge is 2.11. The summed E-state index contributed by atoms with van der Waals surface area (Å²) < 4.78 is 26.8. The molecule has 1 unspecified atom stereocenters. The minimum Gasteiger partial charge on any atom is -0.324 e. The lowest BCUT2D eigenvalue weighted by molar-refractivity contribution is 0.600. The van der Waals surface area contributed by atoms with Crippen molar-refractivity contribution in [2.75, 3.05) is 10.5 Å². The van der Waals surface area contributed by atoms with Gasteiger partial charge in [-0.1, -0.05) is 42.5 Å². The van der Waals surface area contributed by atoms with Gasteiger partial charge in [0.1, 0.15) is 0 Å². The Kier molecular flexibility index (Phi) is 4.98.